The van der Waals surface area contributed by atoms with Crippen LogP contribution in [0, 0.1) is 0 Å². The third-order valence-electron chi connectivity index (χ3n) is 2.92. The van der Waals surface area contributed by atoms with Crippen LogP contribution in [0.25, 0.3) is 0 Å². The van der Waals surface area contributed by atoms with Crippen LogP contribution in [-0.2, 0) is 18.9 Å². The van der Waals surface area contributed by atoms with Crippen molar-refractivity contribution in [1.82, 2.24) is 0 Å². The Labute approximate surface area is 90.8 Å². The first kappa shape index (κ1) is 11.3. The van der Waals surface area contributed by atoms with Crippen molar-refractivity contribution in [3.63, 3.8) is 0 Å². The summed E-state index contributed by atoms with van der Waals surface area (Å²) in [5.41, 5.74) is 0. The molecule has 4 nitrogen and oxygen atoms in total. The molecule has 0 aromatic rings. The highest BCUT2D eigenvalue weighted by atomic mass is 16.7. The normalized spacial score (nSPS) is 32.4. The number of epoxide rings is 2. The van der Waals surface area contributed by atoms with Crippen molar-refractivity contribution in [1.29, 1.82) is 0 Å². The van der Waals surface area contributed by atoms with Crippen molar-refractivity contribution in [3.05, 3.63) is 0 Å². The molecule has 0 aromatic heterocycles. The van der Waals surface area contributed by atoms with E-state index in [1.54, 1.807) is 0 Å². The molecule has 0 amide bonds. The molecule has 2 rings (SSSR count). The maximum Gasteiger partial charge on any atom is 0.147 e. The highest BCUT2D eigenvalue weighted by Gasteiger charge is 2.34. The van der Waals surface area contributed by atoms with Crippen molar-refractivity contribution < 1.29 is 18.9 Å². The number of rotatable bonds is 8. The lowest BCUT2D eigenvalue weighted by Gasteiger charge is -2.17. The third kappa shape index (κ3) is 3.41. The molecule has 0 N–H and O–H groups in total. The van der Waals surface area contributed by atoms with E-state index in [4.69, 9.17) is 18.9 Å². The van der Waals surface area contributed by atoms with Gasteiger partial charge in [-0.2, -0.15) is 0 Å². The molecule has 88 valence electrons. The highest BCUT2D eigenvalue weighted by Crippen LogP contribution is 2.22. The van der Waals surface area contributed by atoms with Gasteiger partial charge >= 0.3 is 0 Å². The number of hydrogen-bond donors (Lipinski definition) is 0. The topological polar surface area (TPSA) is 43.5 Å². The summed E-state index contributed by atoms with van der Waals surface area (Å²) in [6, 6.07) is 0. The second-order valence-corrected chi connectivity index (χ2v) is 4.09. The van der Waals surface area contributed by atoms with Crippen LogP contribution in [0.1, 0.15) is 26.7 Å². The van der Waals surface area contributed by atoms with Gasteiger partial charge in [-0.05, 0) is 12.8 Å². The highest BCUT2D eigenvalue weighted by molar-refractivity contribution is 4.80. The Bertz CT molecular complexity index is 169. The Balaban J connectivity index is 1.59. The zero-order valence-electron chi connectivity index (χ0n) is 9.48. The Morgan fingerprint density at radius 2 is 1.40 bits per heavy atom. The summed E-state index contributed by atoms with van der Waals surface area (Å²) in [4.78, 5) is 0. The first-order valence-electron chi connectivity index (χ1n) is 5.81. The molecule has 4 unspecified atom stereocenters. The van der Waals surface area contributed by atoms with Crippen molar-refractivity contribution >= 4 is 0 Å². The lowest BCUT2D eigenvalue weighted by atomic mass is 10.2. The summed E-state index contributed by atoms with van der Waals surface area (Å²) in [7, 11) is 0. The summed E-state index contributed by atoms with van der Waals surface area (Å²) in [6.45, 7) is 6.24. The number of hydrogen-bond acceptors (Lipinski definition) is 4. The van der Waals surface area contributed by atoms with Gasteiger partial charge in [0.2, 0.25) is 0 Å². The standard InChI is InChI=1S/C11H20O4/c1-3-8(10-5-12-10)14-7-15-9(4-2)11-6-13-11/h8-11H,3-7H2,1-2H3. The molecule has 0 spiro atoms. The van der Waals surface area contributed by atoms with Crippen LogP contribution in [0.3, 0.4) is 0 Å². The monoisotopic (exact) mass is 216 g/mol. The molecule has 4 heteroatoms. The molecule has 0 saturated carbocycles. The van der Waals surface area contributed by atoms with Crippen molar-refractivity contribution in [3.8, 4) is 0 Å². The van der Waals surface area contributed by atoms with Crippen molar-refractivity contribution in [2.75, 3.05) is 20.0 Å². The molecule has 2 heterocycles. The minimum atomic E-state index is 0.197. The van der Waals surface area contributed by atoms with Crippen LogP contribution in [0.5, 0.6) is 0 Å². The summed E-state index contributed by atoms with van der Waals surface area (Å²) in [6.07, 6.45) is 2.95. The molecule has 2 saturated heterocycles. The second kappa shape index (κ2) is 5.25. The Hall–Kier alpha value is -0.160. The van der Waals surface area contributed by atoms with E-state index in [9.17, 15) is 0 Å². The van der Waals surface area contributed by atoms with Crippen LogP contribution in [0.2, 0.25) is 0 Å². The van der Waals surface area contributed by atoms with Crippen molar-refractivity contribution in [2.24, 2.45) is 0 Å². The maximum absolute atomic E-state index is 5.62. The largest absolute Gasteiger partial charge is 0.370 e. The van der Waals surface area contributed by atoms with E-state index in [0.717, 1.165) is 26.1 Å². The average Bonchev–Trinajstić information content (AvgIpc) is 3.09. The van der Waals surface area contributed by atoms with Crippen LogP contribution < -0.4 is 0 Å². The van der Waals surface area contributed by atoms with Gasteiger partial charge in [0.1, 0.15) is 19.0 Å². The van der Waals surface area contributed by atoms with Crippen LogP contribution in [0.4, 0.5) is 0 Å². The lowest BCUT2D eigenvalue weighted by molar-refractivity contribution is -0.128. The summed E-state index contributed by atoms with van der Waals surface area (Å²) in [5, 5.41) is 0. The van der Waals surface area contributed by atoms with Gasteiger partial charge in [0.15, 0.2) is 0 Å². The van der Waals surface area contributed by atoms with Gasteiger partial charge in [0.05, 0.1) is 25.4 Å². The number of ether oxygens (including phenoxy) is 4. The zero-order valence-corrected chi connectivity index (χ0v) is 9.48. The molecule has 2 fully saturated rings. The van der Waals surface area contributed by atoms with Crippen molar-refractivity contribution in [2.45, 2.75) is 51.1 Å². The van der Waals surface area contributed by atoms with Gasteiger partial charge in [-0.25, -0.2) is 0 Å². The molecule has 4 atom stereocenters. The molecular formula is C11H20O4. The van der Waals surface area contributed by atoms with Crippen LogP contribution in [0.15, 0.2) is 0 Å². The molecule has 15 heavy (non-hydrogen) atoms. The van der Waals surface area contributed by atoms with E-state index in [0.29, 0.717) is 19.0 Å². The van der Waals surface area contributed by atoms with Gasteiger partial charge in [-0.3, -0.25) is 0 Å². The molecule has 0 radical (unpaired) electrons. The first-order valence-corrected chi connectivity index (χ1v) is 5.81. The second-order valence-electron chi connectivity index (χ2n) is 4.09. The fourth-order valence-electron chi connectivity index (χ4n) is 1.73. The molecular weight excluding hydrogens is 196 g/mol. The maximum atomic E-state index is 5.62. The van der Waals surface area contributed by atoms with E-state index >= 15 is 0 Å². The van der Waals surface area contributed by atoms with Gasteiger partial charge in [-0.15, -0.1) is 0 Å². The van der Waals surface area contributed by atoms with E-state index in [-0.39, 0.29) is 12.2 Å². The molecule has 2 aliphatic rings. The van der Waals surface area contributed by atoms with Gasteiger partial charge < -0.3 is 18.9 Å². The average molecular weight is 216 g/mol. The Kier molecular flexibility index (Phi) is 3.97. The fraction of sp³-hybridized carbons (Fsp3) is 1.00. The minimum absolute atomic E-state index is 0.197. The Morgan fingerprint density at radius 3 is 1.67 bits per heavy atom. The first-order chi connectivity index (χ1) is 7.35. The van der Waals surface area contributed by atoms with Crippen LogP contribution in [-0.4, -0.2) is 44.4 Å². The van der Waals surface area contributed by atoms with E-state index in [1.165, 1.54) is 0 Å². The summed E-state index contributed by atoms with van der Waals surface area (Å²) < 4.78 is 21.6. The minimum Gasteiger partial charge on any atom is -0.370 e. The van der Waals surface area contributed by atoms with Gasteiger partial charge in [-0.1, -0.05) is 13.8 Å². The SMILES string of the molecule is CCC(OCOC(CC)C1CO1)C1CO1. The predicted molar refractivity (Wildman–Crippen MR) is 54.7 cm³/mol. The lowest BCUT2D eigenvalue weighted by Crippen LogP contribution is -2.25. The molecule has 0 aliphatic carbocycles. The van der Waals surface area contributed by atoms with E-state index in [1.807, 2.05) is 0 Å². The zero-order chi connectivity index (χ0) is 10.7. The predicted octanol–water partition coefficient (Wildman–Crippen LogP) is 1.33. The molecule has 0 bridgehead atoms. The Morgan fingerprint density at radius 1 is 1.00 bits per heavy atom. The van der Waals surface area contributed by atoms with Gasteiger partial charge in [0.25, 0.3) is 0 Å². The summed E-state index contributed by atoms with van der Waals surface area (Å²) >= 11 is 0. The molecule has 0 aromatic carbocycles. The third-order valence-corrected chi connectivity index (χ3v) is 2.92. The molecule has 2 aliphatic heterocycles. The van der Waals surface area contributed by atoms with Crippen LogP contribution >= 0.6 is 0 Å². The van der Waals surface area contributed by atoms with Gasteiger partial charge in [0, 0.05) is 0 Å². The fourth-order valence-corrected chi connectivity index (χ4v) is 1.73. The quantitative estimate of drug-likeness (QED) is 0.453. The summed E-state index contributed by atoms with van der Waals surface area (Å²) in [5.74, 6) is 0. The smallest absolute Gasteiger partial charge is 0.147 e. The van der Waals surface area contributed by atoms with E-state index in [2.05, 4.69) is 13.8 Å². The van der Waals surface area contributed by atoms with E-state index < -0.39 is 0 Å².